The lowest BCUT2D eigenvalue weighted by Gasteiger charge is -2.13. The van der Waals surface area contributed by atoms with Crippen LogP contribution in [0.15, 0.2) is 29.0 Å². The molecule has 6 heteroatoms. The van der Waals surface area contributed by atoms with E-state index in [0.29, 0.717) is 12.4 Å². The summed E-state index contributed by atoms with van der Waals surface area (Å²) in [6, 6.07) is 5.54. The molecule has 96 valence electrons. The number of aliphatic hydroxyl groups is 1. The average molecular weight is 312 g/mol. The molecule has 1 aromatic carbocycles. The number of aliphatic hydroxyl groups excluding tert-OH is 1. The van der Waals surface area contributed by atoms with Crippen molar-refractivity contribution in [3.05, 3.63) is 40.4 Å². The third-order valence-corrected chi connectivity index (χ3v) is 3.08. The maximum Gasteiger partial charge on any atom is 0.170 e. The zero-order valence-electron chi connectivity index (χ0n) is 10.2. The largest absolute Gasteiger partial charge is 0.485 e. The third kappa shape index (κ3) is 2.88. The molecule has 0 amide bonds. The lowest BCUT2D eigenvalue weighted by atomic mass is 10.1. The molecule has 0 fully saturated rings. The van der Waals surface area contributed by atoms with Gasteiger partial charge in [0.1, 0.15) is 18.7 Å². The first-order valence-electron chi connectivity index (χ1n) is 5.51. The number of hydrogen-bond acceptors (Lipinski definition) is 4. The zero-order valence-corrected chi connectivity index (χ0v) is 11.8. The quantitative estimate of drug-likeness (QED) is 0.940. The molecular formula is C12H14BrN3O2. The SMILES string of the molecule is C[C@@H](O)c1ccc(Br)cc1OCc1nncn1C. The highest BCUT2D eigenvalue weighted by atomic mass is 79.9. The molecule has 5 nitrogen and oxygen atoms in total. The standard InChI is InChI=1S/C12H14BrN3O2/c1-8(17)10-4-3-9(13)5-11(10)18-6-12-15-14-7-16(12)2/h3-5,7-8,17H,6H2,1-2H3/t8-/m1/s1. The fourth-order valence-electron chi connectivity index (χ4n) is 1.56. The van der Waals surface area contributed by atoms with Crippen molar-refractivity contribution in [3.63, 3.8) is 0 Å². The van der Waals surface area contributed by atoms with Gasteiger partial charge >= 0.3 is 0 Å². The van der Waals surface area contributed by atoms with E-state index in [-0.39, 0.29) is 0 Å². The first kappa shape index (κ1) is 13.0. The van der Waals surface area contributed by atoms with Crippen LogP contribution >= 0.6 is 15.9 Å². The number of ether oxygens (including phenoxy) is 1. The lowest BCUT2D eigenvalue weighted by molar-refractivity contribution is 0.189. The molecule has 0 bridgehead atoms. The maximum atomic E-state index is 9.68. The predicted octanol–water partition coefficient (Wildman–Crippen LogP) is 2.21. The van der Waals surface area contributed by atoms with Gasteiger partial charge in [0.2, 0.25) is 0 Å². The van der Waals surface area contributed by atoms with Crippen molar-refractivity contribution in [1.82, 2.24) is 14.8 Å². The Morgan fingerprint density at radius 3 is 2.89 bits per heavy atom. The smallest absolute Gasteiger partial charge is 0.170 e. The Bertz CT molecular complexity index is 540. The van der Waals surface area contributed by atoms with Crippen LogP contribution in [-0.2, 0) is 13.7 Å². The fraction of sp³-hybridized carbons (Fsp3) is 0.333. The van der Waals surface area contributed by atoms with E-state index in [0.717, 1.165) is 15.9 Å². The molecule has 2 rings (SSSR count). The lowest BCUT2D eigenvalue weighted by Crippen LogP contribution is -2.05. The van der Waals surface area contributed by atoms with E-state index in [1.165, 1.54) is 0 Å². The van der Waals surface area contributed by atoms with Crippen molar-refractivity contribution in [2.75, 3.05) is 0 Å². The Labute approximate surface area is 114 Å². The maximum absolute atomic E-state index is 9.68. The van der Waals surface area contributed by atoms with Crippen LogP contribution in [-0.4, -0.2) is 19.9 Å². The molecule has 0 spiro atoms. The highest BCUT2D eigenvalue weighted by molar-refractivity contribution is 9.10. The first-order chi connectivity index (χ1) is 8.58. The van der Waals surface area contributed by atoms with Gasteiger partial charge in [-0.15, -0.1) is 10.2 Å². The Morgan fingerprint density at radius 2 is 2.28 bits per heavy atom. The molecule has 0 aliphatic carbocycles. The van der Waals surface area contributed by atoms with Crippen molar-refractivity contribution < 1.29 is 9.84 Å². The van der Waals surface area contributed by atoms with Crippen molar-refractivity contribution in [2.45, 2.75) is 19.6 Å². The minimum atomic E-state index is -0.576. The second-order valence-corrected chi connectivity index (χ2v) is 4.92. The van der Waals surface area contributed by atoms with Gasteiger partial charge < -0.3 is 14.4 Å². The topological polar surface area (TPSA) is 60.2 Å². The monoisotopic (exact) mass is 311 g/mol. The summed E-state index contributed by atoms with van der Waals surface area (Å²) in [5.41, 5.74) is 0.750. The molecule has 0 aliphatic rings. The second-order valence-electron chi connectivity index (χ2n) is 4.00. The normalized spacial score (nSPS) is 12.4. The van der Waals surface area contributed by atoms with E-state index < -0.39 is 6.10 Å². The van der Waals surface area contributed by atoms with E-state index in [9.17, 15) is 5.11 Å². The molecule has 0 radical (unpaired) electrons. The molecule has 1 N–H and O–H groups in total. The number of aromatic nitrogens is 3. The van der Waals surface area contributed by atoms with Gasteiger partial charge in [0.25, 0.3) is 0 Å². The van der Waals surface area contributed by atoms with Crippen LogP contribution in [0.25, 0.3) is 0 Å². The van der Waals surface area contributed by atoms with E-state index in [1.807, 2.05) is 25.2 Å². The minimum absolute atomic E-state index is 0.312. The van der Waals surface area contributed by atoms with Gasteiger partial charge in [-0.05, 0) is 19.1 Å². The van der Waals surface area contributed by atoms with Gasteiger partial charge in [0.15, 0.2) is 5.82 Å². The van der Waals surface area contributed by atoms with Gasteiger partial charge in [0.05, 0.1) is 6.10 Å². The number of rotatable bonds is 4. The summed E-state index contributed by atoms with van der Waals surface area (Å²) in [5, 5.41) is 17.4. The van der Waals surface area contributed by atoms with Gasteiger partial charge in [-0.3, -0.25) is 0 Å². The third-order valence-electron chi connectivity index (χ3n) is 2.59. The molecule has 0 saturated heterocycles. The number of aryl methyl sites for hydroxylation is 1. The molecule has 0 unspecified atom stereocenters. The van der Waals surface area contributed by atoms with Crippen LogP contribution in [0, 0.1) is 0 Å². The van der Waals surface area contributed by atoms with Gasteiger partial charge in [-0.2, -0.15) is 0 Å². The summed E-state index contributed by atoms with van der Waals surface area (Å²) in [7, 11) is 1.86. The van der Waals surface area contributed by atoms with E-state index in [2.05, 4.69) is 26.1 Å². The zero-order chi connectivity index (χ0) is 13.1. The fourth-order valence-corrected chi connectivity index (χ4v) is 1.90. The van der Waals surface area contributed by atoms with Crippen LogP contribution in [0.1, 0.15) is 24.4 Å². The minimum Gasteiger partial charge on any atom is -0.485 e. The van der Waals surface area contributed by atoms with Crippen LogP contribution in [0.3, 0.4) is 0 Å². The molecule has 18 heavy (non-hydrogen) atoms. The van der Waals surface area contributed by atoms with Gasteiger partial charge in [-0.1, -0.05) is 22.0 Å². The molecule has 1 atom stereocenters. The molecule has 1 heterocycles. The molecule has 0 aliphatic heterocycles. The Hall–Kier alpha value is -1.40. The summed E-state index contributed by atoms with van der Waals surface area (Å²) >= 11 is 3.38. The van der Waals surface area contributed by atoms with Crippen molar-refractivity contribution in [1.29, 1.82) is 0 Å². The Balaban J connectivity index is 2.18. The van der Waals surface area contributed by atoms with E-state index in [4.69, 9.17) is 4.74 Å². The Kier molecular flexibility index (Phi) is 3.98. The van der Waals surface area contributed by atoms with Crippen LogP contribution in [0.4, 0.5) is 0 Å². The van der Waals surface area contributed by atoms with Crippen molar-refractivity contribution in [2.24, 2.45) is 7.05 Å². The number of hydrogen-bond donors (Lipinski definition) is 1. The van der Waals surface area contributed by atoms with Gasteiger partial charge in [-0.25, -0.2) is 0 Å². The number of benzene rings is 1. The number of halogens is 1. The summed E-state index contributed by atoms with van der Waals surface area (Å²) in [6.07, 6.45) is 1.04. The Morgan fingerprint density at radius 1 is 1.50 bits per heavy atom. The van der Waals surface area contributed by atoms with Crippen LogP contribution in [0.2, 0.25) is 0 Å². The van der Waals surface area contributed by atoms with Crippen LogP contribution < -0.4 is 4.74 Å². The molecule has 0 saturated carbocycles. The highest BCUT2D eigenvalue weighted by Gasteiger charge is 2.11. The molecule has 2 aromatic rings. The average Bonchev–Trinajstić information content (AvgIpc) is 2.72. The molecule has 1 aromatic heterocycles. The first-order valence-corrected chi connectivity index (χ1v) is 6.30. The summed E-state index contributed by atoms with van der Waals surface area (Å²) in [6.45, 7) is 2.02. The summed E-state index contributed by atoms with van der Waals surface area (Å²) < 4.78 is 8.39. The summed E-state index contributed by atoms with van der Waals surface area (Å²) in [5.74, 6) is 1.37. The van der Waals surface area contributed by atoms with E-state index in [1.54, 1.807) is 17.8 Å². The molecular weight excluding hydrogens is 298 g/mol. The van der Waals surface area contributed by atoms with Crippen LogP contribution in [0.5, 0.6) is 5.75 Å². The van der Waals surface area contributed by atoms with Crippen molar-refractivity contribution >= 4 is 15.9 Å². The highest BCUT2D eigenvalue weighted by Crippen LogP contribution is 2.29. The van der Waals surface area contributed by atoms with E-state index >= 15 is 0 Å². The van der Waals surface area contributed by atoms with Crippen molar-refractivity contribution in [3.8, 4) is 5.75 Å². The van der Waals surface area contributed by atoms with Gasteiger partial charge in [0, 0.05) is 17.1 Å². The summed E-state index contributed by atoms with van der Waals surface area (Å²) in [4.78, 5) is 0. The number of nitrogens with zero attached hydrogens (tertiary/aromatic N) is 3. The second kappa shape index (κ2) is 5.49. The predicted molar refractivity (Wildman–Crippen MR) is 70.1 cm³/mol.